The lowest BCUT2D eigenvalue weighted by Crippen LogP contribution is -2.12. The third-order valence-electron chi connectivity index (χ3n) is 0.415. The van der Waals surface area contributed by atoms with Crippen molar-refractivity contribution in [3.8, 4) is 0 Å². The lowest BCUT2D eigenvalue weighted by molar-refractivity contribution is 0.331. The van der Waals surface area contributed by atoms with Crippen molar-refractivity contribution in [1.82, 2.24) is 0 Å². The summed E-state index contributed by atoms with van der Waals surface area (Å²) < 4.78 is 24.5. The molecule has 0 atom stereocenters. The van der Waals surface area contributed by atoms with Crippen LogP contribution < -0.4 is 5.73 Å². The minimum absolute atomic E-state index is 0.0683. The quantitative estimate of drug-likeness (QED) is 0.505. The van der Waals surface area contributed by atoms with Crippen molar-refractivity contribution < 1.29 is 12.6 Å². The molecule has 0 saturated carbocycles. The summed E-state index contributed by atoms with van der Waals surface area (Å²) in [6.07, 6.45) is 0.989. The van der Waals surface area contributed by atoms with Crippen LogP contribution in [0.15, 0.2) is 0 Å². The first-order valence-corrected chi connectivity index (χ1v) is 3.92. The summed E-state index contributed by atoms with van der Waals surface area (Å²) >= 11 is 0. The van der Waals surface area contributed by atoms with Crippen LogP contribution in [0.4, 0.5) is 0 Å². The molecule has 5 heteroatoms. The van der Waals surface area contributed by atoms with E-state index in [0.29, 0.717) is 0 Å². The van der Waals surface area contributed by atoms with E-state index in [0.717, 1.165) is 6.26 Å². The van der Waals surface area contributed by atoms with Crippen LogP contribution in [0, 0.1) is 0 Å². The zero-order valence-electron chi connectivity index (χ0n) is 4.62. The topological polar surface area (TPSA) is 69.4 Å². The van der Waals surface area contributed by atoms with Gasteiger partial charge < -0.3 is 5.73 Å². The van der Waals surface area contributed by atoms with Gasteiger partial charge in [0.1, 0.15) is 0 Å². The zero-order valence-corrected chi connectivity index (χ0v) is 5.44. The first-order chi connectivity index (χ1) is 3.56. The molecular weight excluding hydrogens is 130 g/mol. The zero-order chi connectivity index (χ0) is 6.62. The van der Waals surface area contributed by atoms with Gasteiger partial charge in [0, 0.05) is 6.54 Å². The lowest BCUT2D eigenvalue weighted by Gasteiger charge is -1.94. The molecule has 0 aliphatic heterocycles. The van der Waals surface area contributed by atoms with Crippen molar-refractivity contribution in [2.45, 2.75) is 0 Å². The third kappa shape index (κ3) is 5.87. The molecule has 0 heterocycles. The van der Waals surface area contributed by atoms with Crippen LogP contribution in [-0.2, 0) is 14.3 Å². The number of nitrogens with two attached hydrogens (primary N) is 1. The summed E-state index contributed by atoms with van der Waals surface area (Å²) in [4.78, 5) is 0. The van der Waals surface area contributed by atoms with Crippen molar-refractivity contribution in [1.29, 1.82) is 0 Å². The van der Waals surface area contributed by atoms with Crippen LogP contribution in [0.25, 0.3) is 0 Å². The summed E-state index contributed by atoms with van der Waals surface area (Å²) in [5.74, 6) is 0. The summed E-state index contributed by atoms with van der Waals surface area (Å²) in [7, 11) is -3.27. The van der Waals surface area contributed by atoms with Gasteiger partial charge >= 0.3 is 0 Å². The predicted octanol–water partition coefficient (Wildman–Crippen LogP) is -1.08. The molecule has 2 N–H and O–H groups in total. The van der Waals surface area contributed by atoms with Crippen LogP contribution in [0.2, 0.25) is 0 Å². The fraction of sp³-hybridized carbons (Fsp3) is 1.00. The Morgan fingerprint density at radius 3 is 2.25 bits per heavy atom. The molecule has 0 saturated heterocycles. The number of hydrogen-bond acceptors (Lipinski definition) is 4. The fourth-order valence-electron chi connectivity index (χ4n) is 0.199. The minimum Gasteiger partial charge on any atom is -0.328 e. The predicted molar refractivity (Wildman–Crippen MR) is 29.9 cm³/mol. The van der Waals surface area contributed by atoms with Gasteiger partial charge in [0.25, 0.3) is 10.1 Å². The highest BCUT2D eigenvalue weighted by molar-refractivity contribution is 7.85. The molecule has 8 heavy (non-hydrogen) atoms. The van der Waals surface area contributed by atoms with Crippen molar-refractivity contribution in [3.05, 3.63) is 0 Å². The molecule has 4 nitrogen and oxygen atoms in total. The van der Waals surface area contributed by atoms with Crippen molar-refractivity contribution >= 4 is 10.1 Å². The smallest absolute Gasteiger partial charge is 0.264 e. The van der Waals surface area contributed by atoms with Gasteiger partial charge in [-0.25, -0.2) is 0 Å². The highest BCUT2D eigenvalue weighted by atomic mass is 32.2. The number of hydrogen-bond donors (Lipinski definition) is 1. The molecule has 0 fully saturated rings. The number of rotatable bonds is 3. The van der Waals surface area contributed by atoms with Gasteiger partial charge in [0.05, 0.1) is 12.9 Å². The van der Waals surface area contributed by atoms with E-state index in [9.17, 15) is 8.42 Å². The van der Waals surface area contributed by atoms with Gasteiger partial charge in [-0.3, -0.25) is 4.18 Å². The summed E-state index contributed by atoms with van der Waals surface area (Å²) in [5.41, 5.74) is 4.95. The SMILES string of the molecule is CS(=O)(=O)OCCN. The van der Waals surface area contributed by atoms with Crippen LogP contribution in [0.1, 0.15) is 0 Å². The Balaban J connectivity index is 3.42. The van der Waals surface area contributed by atoms with Gasteiger partial charge in [0.15, 0.2) is 0 Å². The van der Waals surface area contributed by atoms with Crippen molar-refractivity contribution in [2.75, 3.05) is 19.4 Å². The Labute approximate surface area is 48.8 Å². The fourth-order valence-corrected chi connectivity index (χ4v) is 0.598. The van der Waals surface area contributed by atoms with E-state index in [1.165, 1.54) is 0 Å². The summed E-state index contributed by atoms with van der Waals surface area (Å²) in [5, 5.41) is 0. The molecule has 0 aromatic heterocycles. The molecule has 0 radical (unpaired) electrons. The summed E-state index contributed by atoms with van der Waals surface area (Å²) in [6.45, 7) is 0.298. The molecule has 0 aliphatic rings. The Morgan fingerprint density at radius 1 is 1.62 bits per heavy atom. The molecule has 0 aromatic rings. The van der Waals surface area contributed by atoms with E-state index in [4.69, 9.17) is 5.73 Å². The monoisotopic (exact) mass is 139 g/mol. The second-order valence-corrected chi connectivity index (χ2v) is 2.96. The van der Waals surface area contributed by atoms with Crippen LogP contribution in [0.3, 0.4) is 0 Å². The van der Waals surface area contributed by atoms with Gasteiger partial charge in [-0.1, -0.05) is 0 Å². The highest BCUT2D eigenvalue weighted by Gasteiger charge is 1.97. The van der Waals surface area contributed by atoms with E-state index >= 15 is 0 Å². The molecule has 0 spiro atoms. The Hall–Kier alpha value is -0.130. The minimum atomic E-state index is -3.27. The Morgan fingerprint density at radius 2 is 2.12 bits per heavy atom. The molecule has 0 rings (SSSR count). The lowest BCUT2D eigenvalue weighted by atomic mass is 10.8. The molecule has 0 bridgehead atoms. The molecule has 0 unspecified atom stereocenters. The van der Waals surface area contributed by atoms with E-state index in [1.807, 2.05) is 0 Å². The maximum atomic E-state index is 10.1. The van der Waals surface area contributed by atoms with Crippen LogP contribution in [-0.4, -0.2) is 27.8 Å². The van der Waals surface area contributed by atoms with Gasteiger partial charge in [0.2, 0.25) is 0 Å². The largest absolute Gasteiger partial charge is 0.328 e. The molecule has 0 aliphatic carbocycles. The first-order valence-electron chi connectivity index (χ1n) is 2.11. The van der Waals surface area contributed by atoms with E-state index in [1.54, 1.807) is 0 Å². The molecule has 50 valence electrons. The maximum Gasteiger partial charge on any atom is 0.264 e. The normalized spacial score (nSPS) is 11.8. The molecule has 0 amide bonds. The standard InChI is InChI=1S/C3H9NO3S/c1-8(5,6)7-3-2-4/h2-4H2,1H3. The highest BCUT2D eigenvalue weighted by Crippen LogP contribution is 1.82. The van der Waals surface area contributed by atoms with Gasteiger partial charge in [-0.05, 0) is 0 Å². The Bertz CT molecular complexity index is 139. The first kappa shape index (κ1) is 7.87. The van der Waals surface area contributed by atoms with Crippen molar-refractivity contribution in [2.24, 2.45) is 5.73 Å². The van der Waals surface area contributed by atoms with E-state index < -0.39 is 10.1 Å². The average molecular weight is 139 g/mol. The molecular formula is C3H9NO3S. The van der Waals surface area contributed by atoms with Crippen LogP contribution in [0.5, 0.6) is 0 Å². The second-order valence-electron chi connectivity index (χ2n) is 1.31. The van der Waals surface area contributed by atoms with E-state index in [2.05, 4.69) is 4.18 Å². The van der Waals surface area contributed by atoms with Crippen molar-refractivity contribution in [3.63, 3.8) is 0 Å². The summed E-state index contributed by atoms with van der Waals surface area (Å²) in [6, 6.07) is 0. The van der Waals surface area contributed by atoms with Crippen LogP contribution >= 0.6 is 0 Å². The van der Waals surface area contributed by atoms with Gasteiger partial charge in [-0.2, -0.15) is 8.42 Å². The Kier molecular flexibility index (Phi) is 2.96. The molecule has 0 aromatic carbocycles. The average Bonchev–Trinajstić information content (AvgIpc) is 1.59. The van der Waals surface area contributed by atoms with Gasteiger partial charge in [-0.15, -0.1) is 0 Å². The second kappa shape index (κ2) is 3.01. The van der Waals surface area contributed by atoms with E-state index in [-0.39, 0.29) is 13.2 Å². The maximum absolute atomic E-state index is 10.1. The third-order valence-corrected chi connectivity index (χ3v) is 1.01.